The zero-order valence-electron chi connectivity index (χ0n) is 13.0. The van der Waals surface area contributed by atoms with Gasteiger partial charge in [0.25, 0.3) is 5.56 Å². The number of ether oxygens (including phenoxy) is 1. The van der Waals surface area contributed by atoms with Crippen LogP contribution in [-0.4, -0.2) is 29.0 Å². The van der Waals surface area contributed by atoms with Crippen molar-refractivity contribution in [2.75, 3.05) is 19.5 Å². The molecule has 1 aliphatic rings. The van der Waals surface area contributed by atoms with Crippen LogP contribution in [0, 0.1) is 0 Å². The molecular formula is C17H22N2O2S. The second-order valence-corrected chi connectivity index (χ2v) is 6.78. The number of methoxy groups -OCH3 is 1. The van der Waals surface area contributed by atoms with Crippen molar-refractivity contribution in [2.24, 2.45) is 0 Å². The molecule has 0 unspecified atom stereocenters. The molecule has 0 spiro atoms. The van der Waals surface area contributed by atoms with Gasteiger partial charge in [0.05, 0.1) is 10.9 Å². The molecule has 1 aromatic carbocycles. The fourth-order valence-corrected chi connectivity index (χ4v) is 4.06. The average molecular weight is 318 g/mol. The van der Waals surface area contributed by atoms with Crippen molar-refractivity contribution >= 4 is 22.7 Å². The van der Waals surface area contributed by atoms with Gasteiger partial charge in [0.15, 0.2) is 5.16 Å². The first-order chi connectivity index (χ1) is 10.8. The highest BCUT2D eigenvalue weighted by Crippen LogP contribution is 2.32. The van der Waals surface area contributed by atoms with Crippen molar-refractivity contribution < 1.29 is 4.74 Å². The standard InChI is InChI=1S/C17H22N2O2S/c1-21-11-6-12-22-17-18-15-10-5-4-9-14(15)16(20)19(17)13-7-2-3-8-13/h4-5,9-10,13H,2-3,6-8,11-12H2,1H3. The van der Waals surface area contributed by atoms with Crippen LogP contribution in [0.25, 0.3) is 10.9 Å². The molecule has 0 radical (unpaired) electrons. The Morgan fingerprint density at radius 3 is 2.86 bits per heavy atom. The molecule has 22 heavy (non-hydrogen) atoms. The number of rotatable bonds is 6. The van der Waals surface area contributed by atoms with E-state index in [0.717, 1.165) is 47.7 Å². The lowest BCUT2D eigenvalue weighted by Gasteiger charge is -2.18. The van der Waals surface area contributed by atoms with Crippen LogP contribution >= 0.6 is 11.8 Å². The first-order valence-electron chi connectivity index (χ1n) is 7.94. The lowest BCUT2D eigenvalue weighted by Crippen LogP contribution is -2.26. The van der Waals surface area contributed by atoms with Gasteiger partial charge < -0.3 is 4.74 Å². The highest BCUT2D eigenvalue weighted by molar-refractivity contribution is 7.99. The van der Waals surface area contributed by atoms with Crippen LogP contribution in [0.1, 0.15) is 38.1 Å². The van der Waals surface area contributed by atoms with E-state index >= 15 is 0 Å². The molecule has 0 atom stereocenters. The summed E-state index contributed by atoms with van der Waals surface area (Å²) in [4.78, 5) is 17.7. The zero-order valence-corrected chi connectivity index (χ0v) is 13.8. The van der Waals surface area contributed by atoms with Gasteiger partial charge in [-0.25, -0.2) is 4.98 Å². The number of nitrogens with zero attached hydrogens (tertiary/aromatic N) is 2. The maximum atomic E-state index is 12.9. The van der Waals surface area contributed by atoms with Crippen LogP contribution in [0.15, 0.2) is 34.2 Å². The van der Waals surface area contributed by atoms with Gasteiger partial charge >= 0.3 is 0 Å². The van der Waals surface area contributed by atoms with Gasteiger partial charge in [0, 0.05) is 25.5 Å². The van der Waals surface area contributed by atoms with E-state index in [1.54, 1.807) is 18.9 Å². The third kappa shape index (κ3) is 3.20. The Morgan fingerprint density at radius 2 is 2.09 bits per heavy atom. The molecule has 3 rings (SSSR count). The summed E-state index contributed by atoms with van der Waals surface area (Å²) in [7, 11) is 1.72. The minimum Gasteiger partial charge on any atom is -0.385 e. The molecule has 1 saturated carbocycles. The van der Waals surface area contributed by atoms with Gasteiger partial charge in [0.1, 0.15) is 0 Å². The maximum Gasteiger partial charge on any atom is 0.262 e. The molecule has 1 heterocycles. The Morgan fingerprint density at radius 1 is 1.32 bits per heavy atom. The lowest BCUT2D eigenvalue weighted by atomic mass is 10.2. The van der Waals surface area contributed by atoms with Crippen molar-refractivity contribution in [3.63, 3.8) is 0 Å². The van der Waals surface area contributed by atoms with E-state index in [1.807, 2.05) is 28.8 Å². The molecule has 2 aromatic rings. The zero-order chi connectivity index (χ0) is 15.4. The molecule has 118 valence electrons. The number of fused-ring (bicyclic) bond motifs is 1. The maximum absolute atomic E-state index is 12.9. The second-order valence-electron chi connectivity index (χ2n) is 5.72. The van der Waals surface area contributed by atoms with E-state index in [9.17, 15) is 4.79 Å². The highest BCUT2D eigenvalue weighted by Gasteiger charge is 2.22. The lowest BCUT2D eigenvalue weighted by molar-refractivity contribution is 0.200. The Balaban J connectivity index is 1.99. The number of aromatic nitrogens is 2. The number of hydrogen-bond acceptors (Lipinski definition) is 4. The third-order valence-corrected chi connectivity index (χ3v) is 5.23. The van der Waals surface area contributed by atoms with Crippen LogP contribution in [0.2, 0.25) is 0 Å². The number of hydrogen-bond donors (Lipinski definition) is 0. The van der Waals surface area contributed by atoms with Gasteiger partial charge in [-0.1, -0.05) is 36.7 Å². The van der Waals surface area contributed by atoms with E-state index in [4.69, 9.17) is 9.72 Å². The summed E-state index contributed by atoms with van der Waals surface area (Å²) in [6, 6.07) is 7.98. The highest BCUT2D eigenvalue weighted by atomic mass is 32.2. The second kappa shape index (κ2) is 7.29. The van der Waals surface area contributed by atoms with Gasteiger partial charge in [-0.15, -0.1) is 0 Å². The van der Waals surface area contributed by atoms with Crippen molar-refractivity contribution in [2.45, 2.75) is 43.3 Å². The summed E-state index contributed by atoms with van der Waals surface area (Å²) in [5, 5.41) is 1.60. The largest absolute Gasteiger partial charge is 0.385 e. The monoisotopic (exact) mass is 318 g/mol. The van der Waals surface area contributed by atoms with E-state index < -0.39 is 0 Å². The van der Waals surface area contributed by atoms with Crippen molar-refractivity contribution in [1.29, 1.82) is 0 Å². The van der Waals surface area contributed by atoms with Crippen LogP contribution in [0.5, 0.6) is 0 Å². The molecule has 1 aromatic heterocycles. The summed E-state index contributed by atoms with van der Waals surface area (Å²) in [6.45, 7) is 0.744. The molecule has 0 N–H and O–H groups in total. The molecule has 0 aliphatic heterocycles. The van der Waals surface area contributed by atoms with Crippen molar-refractivity contribution in [1.82, 2.24) is 9.55 Å². The molecular weight excluding hydrogens is 296 g/mol. The van der Waals surface area contributed by atoms with Gasteiger partial charge in [-0.2, -0.15) is 0 Å². The summed E-state index contributed by atoms with van der Waals surface area (Å²) in [5.41, 5.74) is 0.919. The Bertz CT molecular complexity index is 693. The Kier molecular flexibility index (Phi) is 5.16. The quantitative estimate of drug-likeness (QED) is 0.463. The Labute approximate surface area is 134 Å². The summed E-state index contributed by atoms with van der Waals surface area (Å²) >= 11 is 1.67. The van der Waals surface area contributed by atoms with Gasteiger partial charge in [0.2, 0.25) is 0 Å². The summed E-state index contributed by atoms with van der Waals surface area (Å²) in [6.07, 6.45) is 5.56. The molecule has 4 nitrogen and oxygen atoms in total. The van der Waals surface area contributed by atoms with Crippen molar-refractivity contribution in [3.05, 3.63) is 34.6 Å². The molecule has 0 bridgehead atoms. The Hall–Kier alpha value is -1.33. The summed E-state index contributed by atoms with van der Waals surface area (Å²) < 4.78 is 7.05. The third-order valence-electron chi connectivity index (χ3n) is 4.19. The molecule has 0 saturated heterocycles. The van der Waals surface area contributed by atoms with Crippen LogP contribution in [0.4, 0.5) is 0 Å². The van der Waals surface area contributed by atoms with Gasteiger partial charge in [-0.3, -0.25) is 9.36 Å². The van der Waals surface area contributed by atoms with Crippen LogP contribution < -0.4 is 5.56 Å². The molecule has 0 amide bonds. The predicted octanol–water partition coefficient (Wildman–Crippen LogP) is 3.64. The molecule has 1 fully saturated rings. The van der Waals surface area contributed by atoms with Gasteiger partial charge in [-0.05, 0) is 31.4 Å². The average Bonchev–Trinajstić information content (AvgIpc) is 3.06. The van der Waals surface area contributed by atoms with E-state index in [2.05, 4.69) is 0 Å². The van der Waals surface area contributed by atoms with Crippen LogP contribution in [-0.2, 0) is 4.74 Å². The fourth-order valence-electron chi connectivity index (χ4n) is 3.08. The van der Waals surface area contributed by atoms with E-state index in [1.165, 1.54) is 12.8 Å². The number of para-hydroxylation sites is 1. The number of thioether (sulfide) groups is 1. The van der Waals surface area contributed by atoms with Crippen LogP contribution in [0.3, 0.4) is 0 Å². The van der Waals surface area contributed by atoms with E-state index in [0.29, 0.717) is 6.04 Å². The normalized spacial score (nSPS) is 15.7. The SMILES string of the molecule is COCCCSc1nc2ccccc2c(=O)n1C1CCCC1. The summed E-state index contributed by atoms with van der Waals surface area (Å²) in [5.74, 6) is 0.922. The topological polar surface area (TPSA) is 44.1 Å². The van der Waals surface area contributed by atoms with Crippen molar-refractivity contribution in [3.8, 4) is 0 Å². The number of benzene rings is 1. The smallest absolute Gasteiger partial charge is 0.262 e. The molecule has 1 aliphatic carbocycles. The first-order valence-corrected chi connectivity index (χ1v) is 8.93. The van der Waals surface area contributed by atoms with E-state index in [-0.39, 0.29) is 5.56 Å². The minimum absolute atomic E-state index is 0.117. The minimum atomic E-state index is 0.117. The predicted molar refractivity (Wildman–Crippen MR) is 90.7 cm³/mol. The fraction of sp³-hybridized carbons (Fsp3) is 0.529. The first kappa shape index (κ1) is 15.6. The molecule has 5 heteroatoms.